The SMILES string of the molecule is COC1CCN(C(C)CCCNC2CC2)C(C)C1. The maximum absolute atomic E-state index is 5.48. The largest absolute Gasteiger partial charge is 0.381 e. The lowest BCUT2D eigenvalue weighted by atomic mass is 9.97. The fraction of sp³-hybridized carbons (Fsp3) is 1.00. The first kappa shape index (κ1) is 14.3. The lowest BCUT2D eigenvalue weighted by Gasteiger charge is -2.41. The van der Waals surface area contributed by atoms with Gasteiger partial charge < -0.3 is 10.1 Å². The van der Waals surface area contributed by atoms with Crippen molar-refractivity contribution in [3.63, 3.8) is 0 Å². The van der Waals surface area contributed by atoms with Crippen LogP contribution in [-0.2, 0) is 4.74 Å². The number of hydrogen-bond donors (Lipinski definition) is 1. The number of ether oxygens (including phenoxy) is 1. The van der Waals surface area contributed by atoms with E-state index in [0.29, 0.717) is 12.1 Å². The van der Waals surface area contributed by atoms with E-state index in [9.17, 15) is 0 Å². The standard InChI is InChI=1S/C15H30N2O/c1-12(5-4-9-16-14-6-7-14)17-10-8-15(18-3)11-13(17)2/h12-16H,4-11H2,1-3H3. The number of nitrogens with one attached hydrogen (secondary N) is 1. The second-order valence-corrected chi connectivity index (χ2v) is 6.19. The van der Waals surface area contributed by atoms with Crippen molar-refractivity contribution in [1.29, 1.82) is 0 Å². The van der Waals surface area contributed by atoms with Crippen LogP contribution < -0.4 is 5.32 Å². The van der Waals surface area contributed by atoms with E-state index in [4.69, 9.17) is 4.74 Å². The van der Waals surface area contributed by atoms with Gasteiger partial charge in [0.2, 0.25) is 0 Å². The van der Waals surface area contributed by atoms with Gasteiger partial charge in [-0.1, -0.05) is 0 Å². The van der Waals surface area contributed by atoms with Crippen LogP contribution in [0.4, 0.5) is 0 Å². The van der Waals surface area contributed by atoms with Gasteiger partial charge in [-0.3, -0.25) is 4.90 Å². The normalized spacial score (nSPS) is 31.5. The first-order valence-corrected chi connectivity index (χ1v) is 7.72. The summed E-state index contributed by atoms with van der Waals surface area (Å²) >= 11 is 0. The molecule has 2 rings (SSSR count). The van der Waals surface area contributed by atoms with Crippen molar-refractivity contribution in [1.82, 2.24) is 10.2 Å². The summed E-state index contributed by atoms with van der Waals surface area (Å²) < 4.78 is 5.48. The Morgan fingerprint density at radius 2 is 2.11 bits per heavy atom. The van der Waals surface area contributed by atoms with Gasteiger partial charge in [-0.25, -0.2) is 0 Å². The van der Waals surface area contributed by atoms with Gasteiger partial charge in [0.15, 0.2) is 0 Å². The van der Waals surface area contributed by atoms with E-state index in [-0.39, 0.29) is 0 Å². The molecule has 1 heterocycles. The van der Waals surface area contributed by atoms with Crippen LogP contribution >= 0.6 is 0 Å². The molecule has 106 valence electrons. The summed E-state index contributed by atoms with van der Waals surface area (Å²) in [6.45, 7) is 7.15. The predicted octanol–water partition coefficient (Wildman–Crippen LogP) is 2.41. The number of hydrogen-bond acceptors (Lipinski definition) is 3. The number of piperidine rings is 1. The third-order valence-corrected chi connectivity index (χ3v) is 4.59. The second-order valence-electron chi connectivity index (χ2n) is 6.19. The number of nitrogens with zero attached hydrogens (tertiary/aromatic N) is 1. The lowest BCUT2D eigenvalue weighted by molar-refractivity contribution is 0.000147. The fourth-order valence-electron chi connectivity index (χ4n) is 3.17. The molecule has 0 bridgehead atoms. The molecule has 0 radical (unpaired) electrons. The van der Waals surface area contributed by atoms with Gasteiger partial charge in [-0.15, -0.1) is 0 Å². The molecular weight excluding hydrogens is 224 g/mol. The van der Waals surface area contributed by atoms with Crippen molar-refractivity contribution in [2.45, 2.75) is 76.6 Å². The summed E-state index contributed by atoms with van der Waals surface area (Å²) in [5, 5.41) is 3.60. The van der Waals surface area contributed by atoms with Crippen LogP contribution in [0.25, 0.3) is 0 Å². The van der Waals surface area contributed by atoms with E-state index in [1.54, 1.807) is 0 Å². The molecule has 1 N–H and O–H groups in total. The highest BCUT2D eigenvalue weighted by molar-refractivity contribution is 4.84. The third-order valence-electron chi connectivity index (χ3n) is 4.59. The van der Waals surface area contributed by atoms with Crippen molar-refractivity contribution in [2.75, 3.05) is 20.2 Å². The quantitative estimate of drug-likeness (QED) is 0.706. The Balaban J connectivity index is 1.62. The molecule has 3 unspecified atom stereocenters. The van der Waals surface area contributed by atoms with Crippen LogP contribution in [0.1, 0.15) is 52.4 Å². The van der Waals surface area contributed by atoms with E-state index in [1.165, 1.54) is 51.6 Å². The Kier molecular flexibility index (Phi) is 5.46. The van der Waals surface area contributed by atoms with E-state index >= 15 is 0 Å². The Morgan fingerprint density at radius 3 is 2.72 bits per heavy atom. The minimum Gasteiger partial charge on any atom is -0.381 e. The molecular formula is C15H30N2O. The zero-order valence-electron chi connectivity index (χ0n) is 12.3. The van der Waals surface area contributed by atoms with E-state index in [1.807, 2.05) is 7.11 Å². The average Bonchev–Trinajstić information content (AvgIpc) is 3.18. The van der Waals surface area contributed by atoms with Crippen molar-refractivity contribution in [3.8, 4) is 0 Å². The molecule has 1 aliphatic heterocycles. The van der Waals surface area contributed by atoms with Gasteiger partial charge in [0.05, 0.1) is 6.10 Å². The van der Waals surface area contributed by atoms with Gasteiger partial charge in [-0.05, 0) is 58.9 Å². The van der Waals surface area contributed by atoms with Gasteiger partial charge >= 0.3 is 0 Å². The molecule has 2 aliphatic rings. The summed E-state index contributed by atoms with van der Waals surface area (Å²) in [5.74, 6) is 0. The fourth-order valence-corrected chi connectivity index (χ4v) is 3.17. The molecule has 0 aromatic carbocycles. The zero-order chi connectivity index (χ0) is 13.0. The van der Waals surface area contributed by atoms with Crippen LogP contribution in [-0.4, -0.2) is 49.3 Å². The Labute approximate surface area is 112 Å². The summed E-state index contributed by atoms with van der Waals surface area (Å²) in [6, 6.07) is 2.26. The molecule has 0 aromatic heterocycles. The first-order valence-electron chi connectivity index (χ1n) is 7.72. The average molecular weight is 254 g/mol. The molecule has 3 atom stereocenters. The van der Waals surface area contributed by atoms with E-state index < -0.39 is 0 Å². The summed E-state index contributed by atoms with van der Waals surface area (Å²) in [7, 11) is 1.85. The second kappa shape index (κ2) is 6.88. The van der Waals surface area contributed by atoms with Crippen molar-refractivity contribution < 1.29 is 4.74 Å². The topological polar surface area (TPSA) is 24.5 Å². The molecule has 2 fully saturated rings. The molecule has 0 spiro atoms. The summed E-state index contributed by atoms with van der Waals surface area (Å²) in [4.78, 5) is 2.67. The smallest absolute Gasteiger partial charge is 0.0598 e. The number of likely N-dealkylation sites (tertiary alicyclic amines) is 1. The van der Waals surface area contributed by atoms with Crippen molar-refractivity contribution in [2.24, 2.45) is 0 Å². The molecule has 1 saturated carbocycles. The zero-order valence-corrected chi connectivity index (χ0v) is 12.3. The molecule has 0 amide bonds. The third kappa shape index (κ3) is 4.22. The Hall–Kier alpha value is -0.120. The summed E-state index contributed by atoms with van der Waals surface area (Å²) in [5.41, 5.74) is 0. The summed E-state index contributed by atoms with van der Waals surface area (Å²) in [6.07, 6.45) is 8.32. The monoisotopic (exact) mass is 254 g/mol. The van der Waals surface area contributed by atoms with Gasteiger partial charge in [0.1, 0.15) is 0 Å². The molecule has 3 nitrogen and oxygen atoms in total. The number of methoxy groups -OCH3 is 1. The molecule has 18 heavy (non-hydrogen) atoms. The van der Waals surface area contributed by atoms with Crippen molar-refractivity contribution in [3.05, 3.63) is 0 Å². The minimum atomic E-state index is 0.486. The Bertz CT molecular complexity index is 243. The van der Waals surface area contributed by atoms with Crippen LogP contribution in [0.5, 0.6) is 0 Å². The number of rotatable bonds is 7. The van der Waals surface area contributed by atoms with Crippen molar-refractivity contribution >= 4 is 0 Å². The van der Waals surface area contributed by atoms with E-state index in [0.717, 1.165) is 12.1 Å². The van der Waals surface area contributed by atoms with Crippen LogP contribution in [0.2, 0.25) is 0 Å². The first-order chi connectivity index (χ1) is 8.70. The lowest BCUT2D eigenvalue weighted by Crippen LogP contribution is -2.47. The Morgan fingerprint density at radius 1 is 1.33 bits per heavy atom. The molecule has 3 heteroatoms. The molecule has 0 aromatic rings. The van der Waals surface area contributed by atoms with Crippen LogP contribution in [0, 0.1) is 0 Å². The predicted molar refractivity (Wildman–Crippen MR) is 75.9 cm³/mol. The minimum absolute atomic E-state index is 0.486. The van der Waals surface area contributed by atoms with Crippen LogP contribution in [0.3, 0.4) is 0 Å². The van der Waals surface area contributed by atoms with E-state index in [2.05, 4.69) is 24.1 Å². The van der Waals surface area contributed by atoms with Gasteiger partial charge in [-0.2, -0.15) is 0 Å². The highest BCUT2D eigenvalue weighted by atomic mass is 16.5. The highest BCUT2D eigenvalue weighted by Crippen LogP contribution is 2.23. The highest BCUT2D eigenvalue weighted by Gasteiger charge is 2.28. The van der Waals surface area contributed by atoms with Gasteiger partial charge in [0, 0.05) is 31.8 Å². The molecule has 1 saturated heterocycles. The van der Waals surface area contributed by atoms with Crippen LogP contribution in [0.15, 0.2) is 0 Å². The maximum atomic E-state index is 5.48. The maximum Gasteiger partial charge on any atom is 0.0598 e. The molecule has 1 aliphatic carbocycles. The van der Waals surface area contributed by atoms with Gasteiger partial charge in [0.25, 0.3) is 0 Å².